The number of carbonyl (C=O) groups excluding carboxylic acids is 1. The summed E-state index contributed by atoms with van der Waals surface area (Å²) in [4.78, 5) is 26.9. The van der Waals surface area contributed by atoms with Gasteiger partial charge in [-0.05, 0) is 6.42 Å². The molecule has 1 aliphatic heterocycles. The highest BCUT2D eigenvalue weighted by molar-refractivity contribution is 5.76. The first-order valence-electron chi connectivity index (χ1n) is 8.35. The normalized spacial score (nSPS) is 19.6. The average Bonchev–Trinajstić information content (AvgIpc) is 3.22. The van der Waals surface area contributed by atoms with Crippen molar-refractivity contribution < 1.29 is 4.79 Å². The van der Waals surface area contributed by atoms with Crippen molar-refractivity contribution in [2.45, 2.75) is 31.7 Å². The van der Waals surface area contributed by atoms with Crippen molar-refractivity contribution in [1.82, 2.24) is 24.4 Å². The predicted molar refractivity (Wildman–Crippen MR) is 91.6 cm³/mol. The van der Waals surface area contributed by atoms with Gasteiger partial charge in [-0.3, -0.25) is 4.79 Å². The zero-order valence-corrected chi connectivity index (χ0v) is 14.4. The van der Waals surface area contributed by atoms with E-state index < -0.39 is 0 Å². The summed E-state index contributed by atoms with van der Waals surface area (Å²) >= 11 is 0. The van der Waals surface area contributed by atoms with Crippen LogP contribution in [0.5, 0.6) is 0 Å². The van der Waals surface area contributed by atoms with Crippen LogP contribution in [0, 0.1) is 11.3 Å². The second-order valence-corrected chi connectivity index (χ2v) is 6.24. The molecule has 2 aromatic heterocycles. The predicted octanol–water partition coefficient (Wildman–Crippen LogP) is 1.29. The molecule has 0 bridgehead atoms. The number of imidazole rings is 1. The van der Waals surface area contributed by atoms with Crippen LogP contribution in [0.4, 0.5) is 5.82 Å². The minimum atomic E-state index is -0.0699. The minimum absolute atomic E-state index is 0.0376. The Morgan fingerprint density at radius 1 is 1.36 bits per heavy atom. The number of hydrogen-bond acceptors (Lipinski definition) is 6. The fraction of sp³-hybridized carbons (Fsp3) is 0.471. The number of amides is 1. The molecular weight excluding hydrogens is 318 g/mol. The van der Waals surface area contributed by atoms with Crippen molar-refractivity contribution in [2.75, 3.05) is 18.4 Å². The molecule has 1 amide bonds. The highest BCUT2D eigenvalue weighted by Crippen LogP contribution is 2.29. The first-order valence-corrected chi connectivity index (χ1v) is 8.35. The SMILES string of the molecule is CCCC(=O)N1C[C@@H](Nc2nccnc2C#N)[C@H](c2cn(C)cn2)C1. The van der Waals surface area contributed by atoms with E-state index in [9.17, 15) is 10.1 Å². The molecule has 1 N–H and O–H groups in total. The van der Waals surface area contributed by atoms with E-state index in [0.717, 1.165) is 12.1 Å². The lowest BCUT2D eigenvalue weighted by atomic mass is 10.0. The first-order chi connectivity index (χ1) is 12.1. The highest BCUT2D eigenvalue weighted by Gasteiger charge is 2.37. The smallest absolute Gasteiger partial charge is 0.222 e. The Morgan fingerprint density at radius 3 is 2.84 bits per heavy atom. The van der Waals surface area contributed by atoms with Crippen LogP contribution in [-0.2, 0) is 11.8 Å². The van der Waals surface area contributed by atoms with Gasteiger partial charge in [0.2, 0.25) is 5.91 Å². The Labute approximate surface area is 146 Å². The average molecular weight is 339 g/mol. The molecule has 0 spiro atoms. The molecule has 1 fully saturated rings. The maximum absolute atomic E-state index is 12.3. The summed E-state index contributed by atoms with van der Waals surface area (Å²) in [6, 6.07) is 1.98. The number of anilines is 1. The monoisotopic (exact) mass is 339 g/mol. The van der Waals surface area contributed by atoms with Crippen molar-refractivity contribution in [1.29, 1.82) is 5.26 Å². The number of nitrogens with zero attached hydrogens (tertiary/aromatic N) is 6. The van der Waals surface area contributed by atoms with Crippen LogP contribution in [-0.4, -0.2) is 49.5 Å². The molecule has 3 rings (SSSR count). The molecule has 130 valence electrons. The Balaban J connectivity index is 1.85. The van der Waals surface area contributed by atoms with E-state index in [0.29, 0.717) is 25.3 Å². The first kappa shape index (κ1) is 16.9. The van der Waals surface area contributed by atoms with E-state index >= 15 is 0 Å². The molecule has 2 aromatic rings. The van der Waals surface area contributed by atoms with Crippen LogP contribution in [0.2, 0.25) is 0 Å². The van der Waals surface area contributed by atoms with Crippen LogP contribution >= 0.6 is 0 Å². The summed E-state index contributed by atoms with van der Waals surface area (Å²) in [5.74, 6) is 0.628. The van der Waals surface area contributed by atoms with Gasteiger partial charge in [-0.15, -0.1) is 0 Å². The summed E-state index contributed by atoms with van der Waals surface area (Å²) in [5.41, 5.74) is 1.18. The highest BCUT2D eigenvalue weighted by atomic mass is 16.2. The Kier molecular flexibility index (Phi) is 4.93. The maximum atomic E-state index is 12.3. The van der Waals surface area contributed by atoms with Gasteiger partial charge in [0.1, 0.15) is 6.07 Å². The quantitative estimate of drug-likeness (QED) is 0.881. The molecule has 0 saturated carbocycles. The van der Waals surface area contributed by atoms with Gasteiger partial charge in [0.05, 0.1) is 18.1 Å². The molecule has 2 atom stereocenters. The molecule has 25 heavy (non-hydrogen) atoms. The van der Waals surface area contributed by atoms with Crippen LogP contribution in [0.3, 0.4) is 0 Å². The fourth-order valence-corrected chi connectivity index (χ4v) is 3.15. The molecule has 8 nitrogen and oxygen atoms in total. The van der Waals surface area contributed by atoms with E-state index in [2.05, 4.69) is 20.3 Å². The number of nitriles is 1. The lowest BCUT2D eigenvalue weighted by Gasteiger charge is -2.19. The largest absolute Gasteiger partial charge is 0.362 e. The molecule has 8 heteroatoms. The summed E-state index contributed by atoms with van der Waals surface area (Å²) in [5, 5.41) is 12.5. The Bertz CT molecular complexity index is 794. The van der Waals surface area contributed by atoms with Gasteiger partial charge in [-0.2, -0.15) is 5.26 Å². The summed E-state index contributed by atoms with van der Waals surface area (Å²) in [6.07, 6.45) is 8.13. The van der Waals surface area contributed by atoms with E-state index in [4.69, 9.17) is 0 Å². The maximum Gasteiger partial charge on any atom is 0.222 e. The number of aromatic nitrogens is 4. The molecular formula is C17H21N7O. The Morgan fingerprint density at radius 2 is 2.16 bits per heavy atom. The van der Waals surface area contributed by atoms with Crippen LogP contribution in [0.25, 0.3) is 0 Å². The Hall–Kier alpha value is -2.95. The summed E-state index contributed by atoms with van der Waals surface area (Å²) in [6.45, 7) is 3.16. The second kappa shape index (κ2) is 7.30. The van der Waals surface area contributed by atoms with Crippen LogP contribution < -0.4 is 5.32 Å². The van der Waals surface area contributed by atoms with Gasteiger partial charge in [-0.25, -0.2) is 15.0 Å². The molecule has 3 heterocycles. The van der Waals surface area contributed by atoms with Gasteiger partial charge in [0.15, 0.2) is 11.5 Å². The van der Waals surface area contributed by atoms with Crippen LogP contribution in [0.1, 0.15) is 37.1 Å². The fourth-order valence-electron chi connectivity index (χ4n) is 3.15. The third-order valence-corrected chi connectivity index (χ3v) is 4.37. The molecule has 0 aromatic carbocycles. The lowest BCUT2D eigenvalue weighted by molar-refractivity contribution is -0.130. The topological polar surface area (TPSA) is 99.7 Å². The third-order valence-electron chi connectivity index (χ3n) is 4.37. The van der Waals surface area contributed by atoms with Gasteiger partial charge < -0.3 is 14.8 Å². The molecule has 1 aliphatic rings. The van der Waals surface area contributed by atoms with E-state index in [1.54, 1.807) is 12.5 Å². The number of rotatable bonds is 5. The van der Waals surface area contributed by atoms with Gasteiger partial charge in [0.25, 0.3) is 0 Å². The number of aryl methyl sites for hydroxylation is 1. The molecule has 0 unspecified atom stereocenters. The molecule has 0 aliphatic carbocycles. The minimum Gasteiger partial charge on any atom is -0.362 e. The van der Waals surface area contributed by atoms with E-state index in [1.165, 1.54) is 6.20 Å². The number of nitrogens with one attached hydrogen (secondary N) is 1. The van der Waals surface area contributed by atoms with Gasteiger partial charge in [0, 0.05) is 51.1 Å². The van der Waals surface area contributed by atoms with Crippen LogP contribution in [0.15, 0.2) is 24.9 Å². The zero-order valence-electron chi connectivity index (χ0n) is 14.4. The van der Waals surface area contributed by atoms with Crippen molar-refractivity contribution in [3.05, 3.63) is 36.3 Å². The number of likely N-dealkylation sites (tertiary alicyclic amines) is 1. The number of hydrogen-bond donors (Lipinski definition) is 1. The van der Waals surface area contributed by atoms with E-state index in [-0.39, 0.29) is 23.6 Å². The lowest BCUT2D eigenvalue weighted by Crippen LogP contribution is -2.32. The second-order valence-electron chi connectivity index (χ2n) is 6.24. The third kappa shape index (κ3) is 3.60. The summed E-state index contributed by atoms with van der Waals surface area (Å²) in [7, 11) is 1.92. The van der Waals surface area contributed by atoms with Gasteiger partial charge >= 0.3 is 0 Å². The molecule has 1 saturated heterocycles. The standard InChI is InChI=1S/C17H21N7O/c1-3-4-16(25)24-8-12(14-9-23(2)11-21-14)15(10-24)22-17-13(7-18)19-5-6-20-17/h5-6,9,11-12,15H,3-4,8,10H2,1-2H3,(H,20,22)/t12-,15+/m0/s1. The van der Waals surface area contributed by atoms with Crippen molar-refractivity contribution in [2.24, 2.45) is 7.05 Å². The zero-order chi connectivity index (χ0) is 17.8. The van der Waals surface area contributed by atoms with Crippen molar-refractivity contribution in [3.8, 4) is 6.07 Å². The molecule has 0 radical (unpaired) electrons. The number of carbonyl (C=O) groups is 1. The van der Waals surface area contributed by atoms with E-state index in [1.807, 2.05) is 35.7 Å². The van der Waals surface area contributed by atoms with Crippen molar-refractivity contribution in [3.63, 3.8) is 0 Å². The summed E-state index contributed by atoms with van der Waals surface area (Å²) < 4.78 is 1.89. The van der Waals surface area contributed by atoms with Crippen molar-refractivity contribution >= 4 is 11.7 Å². The van der Waals surface area contributed by atoms with Gasteiger partial charge in [-0.1, -0.05) is 6.92 Å².